The third-order valence-electron chi connectivity index (χ3n) is 2.64. The van der Waals surface area contributed by atoms with E-state index in [2.05, 4.69) is 22.3 Å². The summed E-state index contributed by atoms with van der Waals surface area (Å²) in [5.41, 5.74) is 1.00. The van der Waals surface area contributed by atoms with E-state index in [-0.39, 0.29) is 0 Å². The van der Waals surface area contributed by atoms with Crippen molar-refractivity contribution >= 4 is 22.2 Å². The van der Waals surface area contributed by atoms with Gasteiger partial charge in [0.15, 0.2) is 5.13 Å². The third-order valence-corrected chi connectivity index (χ3v) is 3.84. The molecule has 7 heteroatoms. The Morgan fingerprint density at radius 3 is 2.84 bits per heavy atom. The number of thiazole rings is 1. The van der Waals surface area contributed by atoms with Crippen LogP contribution in [0.15, 0.2) is 12.4 Å². The van der Waals surface area contributed by atoms with Crippen molar-refractivity contribution in [2.75, 3.05) is 31.4 Å². The van der Waals surface area contributed by atoms with E-state index in [1.807, 2.05) is 36.1 Å². The molecule has 0 fully saturated rings. The lowest BCUT2D eigenvalue weighted by Gasteiger charge is -2.05. The van der Waals surface area contributed by atoms with Gasteiger partial charge in [-0.25, -0.2) is 0 Å². The van der Waals surface area contributed by atoms with Crippen LogP contribution in [0.4, 0.5) is 10.8 Å². The molecule has 0 saturated heterocycles. The lowest BCUT2D eigenvalue weighted by molar-refractivity contribution is 0.397. The number of aryl methyl sites for hydroxylation is 1. The van der Waals surface area contributed by atoms with Crippen LogP contribution in [-0.2, 0) is 13.1 Å². The lowest BCUT2D eigenvalue weighted by atomic mass is 10.4. The minimum atomic E-state index is 0.684. The first-order chi connectivity index (χ1) is 9.13. The maximum atomic E-state index is 5.30. The fraction of sp³-hybridized carbons (Fsp3) is 0.500. The predicted molar refractivity (Wildman–Crippen MR) is 78.2 cm³/mol. The zero-order valence-electron chi connectivity index (χ0n) is 11.7. The standard InChI is InChI=1S/C12H19N5OS/c1-5-17-8-9(6-14-17)13-7-10-11(18-4)15-12(19-10)16(2)3/h6,8,13H,5,7H2,1-4H3. The van der Waals surface area contributed by atoms with E-state index in [0.29, 0.717) is 12.4 Å². The Balaban J connectivity index is 2.05. The summed E-state index contributed by atoms with van der Waals surface area (Å²) in [6.07, 6.45) is 3.81. The van der Waals surface area contributed by atoms with Gasteiger partial charge >= 0.3 is 0 Å². The van der Waals surface area contributed by atoms with Crippen LogP contribution in [0.5, 0.6) is 5.88 Å². The van der Waals surface area contributed by atoms with Gasteiger partial charge in [-0.15, -0.1) is 0 Å². The number of nitrogens with zero attached hydrogens (tertiary/aromatic N) is 4. The molecule has 2 aromatic heterocycles. The van der Waals surface area contributed by atoms with E-state index in [1.165, 1.54) is 0 Å². The van der Waals surface area contributed by atoms with Crippen LogP contribution in [0.25, 0.3) is 0 Å². The SMILES string of the molecule is CCn1cc(NCc2sc(N(C)C)nc2OC)cn1. The molecule has 0 radical (unpaired) electrons. The van der Waals surface area contributed by atoms with Gasteiger partial charge in [0.2, 0.25) is 5.88 Å². The first-order valence-corrected chi connectivity index (χ1v) is 6.93. The molecule has 0 aliphatic carbocycles. The summed E-state index contributed by atoms with van der Waals surface area (Å²) < 4.78 is 7.19. The molecule has 6 nitrogen and oxygen atoms in total. The van der Waals surface area contributed by atoms with Crippen molar-refractivity contribution in [2.45, 2.75) is 20.0 Å². The third kappa shape index (κ3) is 3.17. The molecule has 0 aromatic carbocycles. The highest BCUT2D eigenvalue weighted by Crippen LogP contribution is 2.30. The summed E-state index contributed by atoms with van der Waals surface area (Å²) >= 11 is 1.62. The number of aromatic nitrogens is 3. The fourth-order valence-corrected chi connectivity index (χ4v) is 2.49. The summed E-state index contributed by atoms with van der Waals surface area (Å²) in [6.45, 7) is 3.62. The Morgan fingerprint density at radius 2 is 2.26 bits per heavy atom. The van der Waals surface area contributed by atoms with Crippen LogP contribution in [0.2, 0.25) is 0 Å². The minimum absolute atomic E-state index is 0.684. The highest BCUT2D eigenvalue weighted by Gasteiger charge is 2.13. The Labute approximate surface area is 117 Å². The number of nitrogens with one attached hydrogen (secondary N) is 1. The topological polar surface area (TPSA) is 55.2 Å². The van der Waals surface area contributed by atoms with Crippen molar-refractivity contribution in [1.29, 1.82) is 0 Å². The van der Waals surface area contributed by atoms with Crippen LogP contribution in [-0.4, -0.2) is 36.0 Å². The summed E-state index contributed by atoms with van der Waals surface area (Å²) in [4.78, 5) is 7.48. The van der Waals surface area contributed by atoms with Crippen LogP contribution < -0.4 is 15.0 Å². The summed E-state index contributed by atoms with van der Waals surface area (Å²) in [7, 11) is 5.59. The number of hydrogen-bond donors (Lipinski definition) is 1. The van der Waals surface area contributed by atoms with Gasteiger partial charge < -0.3 is 15.0 Å². The van der Waals surface area contributed by atoms with Crippen LogP contribution in [0.1, 0.15) is 11.8 Å². The zero-order chi connectivity index (χ0) is 13.8. The van der Waals surface area contributed by atoms with Gasteiger partial charge in [0.05, 0.1) is 30.4 Å². The van der Waals surface area contributed by atoms with Crippen molar-refractivity contribution in [1.82, 2.24) is 14.8 Å². The molecule has 0 spiro atoms. The number of hydrogen-bond acceptors (Lipinski definition) is 6. The molecular weight excluding hydrogens is 262 g/mol. The van der Waals surface area contributed by atoms with Crippen molar-refractivity contribution < 1.29 is 4.74 Å². The Kier molecular flexibility index (Phi) is 4.26. The van der Waals surface area contributed by atoms with Gasteiger partial charge in [-0.3, -0.25) is 4.68 Å². The van der Waals surface area contributed by atoms with Crippen LogP contribution >= 0.6 is 11.3 Å². The molecule has 0 atom stereocenters. The molecule has 0 unspecified atom stereocenters. The van der Waals surface area contributed by atoms with Gasteiger partial charge in [0.25, 0.3) is 0 Å². The Bertz CT molecular complexity index is 534. The van der Waals surface area contributed by atoms with E-state index < -0.39 is 0 Å². The molecule has 1 N–H and O–H groups in total. The van der Waals surface area contributed by atoms with E-state index in [1.54, 1.807) is 18.4 Å². The Hall–Kier alpha value is -1.76. The predicted octanol–water partition coefficient (Wildman–Crippen LogP) is 2.05. The van der Waals surface area contributed by atoms with E-state index in [9.17, 15) is 0 Å². The quantitative estimate of drug-likeness (QED) is 0.878. The first kappa shape index (κ1) is 13.7. The molecule has 2 aromatic rings. The largest absolute Gasteiger partial charge is 0.480 e. The number of rotatable bonds is 6. The average molecular weight is 281 g/mol. The second kappa shape index (κ2) is 5.92. The molecule has 0 aliphatic heterocycles. The molecule has 0 amide bonds. The maximum Gasteiger partial charge on any atom is 0.231 e. The van der Waals surface area contributed by atoms with Gasteiger partial charge in [-0.05, 0) is 6.92 Å². The van der Waals surface area contributed by atoms with Gasteiger partial charge in [-0.2, -0.15) is 10.1 Å². The summed E-state index contributed by atoms with van der Waals surface area (Å²) in [6, 6.07) is 0. The smallest absolute Gasteiger partial charge is 0.231 e. The van der Waals surface area contributed by atoms with Crippen molar-refractivity contribution in [2.24, 2.45) is 0 Å². The van der Waals surface area contributed by atoms with Gasteiger partial charge in [0.1, 0.15) is 0 Å². The second-order valence-corrected chi connectivity index (χ2v) is 5.32. The molecule has 0 aliphatic rings. The fourth-order valence-electron chi connectivity index (χ4n) is 1.60. The van der Waals surface area contributed by atoms with Gasteiger partial charge in [-0.1, -0.05) is 11.3 Å². The van der Waals surface area contributed by atoms with Crippen molar-refractivity contribution in [3.8, 4) is 5.88 Å². The van der Waals surface area contributed by atoms with E-state index in [0.717, 1.165) is 22.2 Å². The molecule has 104 valence electrons. The highest BCUT2D eigenvalue weighted by atomic mass is 32.1. The monoisotopic (exact) mass is 281 g/mol. The highest BCUT2D eigenvalue weighted by molar-refractivity contribution is 7.15. The molecule has 0 saturated carbocycles. The normalized spacial score (nSPS) is 10.5. The molecule has 19 heavy (non-hydrogen) atoms. The average Bonchev–Trinajstić information content (AvgIpc) is 3.02. The van der Waals surface area contributed by atoms with E-state index in [4.69, 9.17) is 4.74 Å². The molecule has 2 heterocycles. The minimum Gasteiger partial charge on any atom is -0.480 e. The van der Waals surface area contributed by atoms with Crippen LogP contribution in [0.3, 0.4) is 0 Å². The first-order valence-electron chi connectivity index (χ1n) is 6.11. The lowest BCUT2D eigenvalue weighted by Crippen LogP contribution is -2.07. The number of anilines is 2. The van der Waals surface area contributed by atoms with Crippen molar-refractivity contribution in [3.05, 3.63) is 17.3 Å². The van der Waals surface area contributed by atoms with Crippen LogP contribution in [0, 0.1) is 0 Å². The summed E-state index contributed by atoms with van der Waals surface area (Å²) in [5, 5.41) is 8.50. The number of methoxy groups -OCH3 is 1. The van der Waals surface area contributed by atoms with Gasteiger partial charge in [0, 0.05) is 26.8 Å². The van der Waals surface area contributed by atoms with E-state index >= 15 is 0 Å². The summed E-state index contributed by atoms with van der Waals surface area (Å²) in [5.74, 6) is 0.684. The second-order valence-electron chi connectivity index (χ2n) is 4.26. The molecule has 0 bridgehead atoms. The molecular formula is C12H19N5OS. The number of ether oxygens (including phenoxy) is 1. The molecule has 2 rings (SSSR count). The van der Waals surface area contributed by atoms with Crippen molar-refractivity contribution in [3.63, 3.8) is 0 Å². The Morgan fingerprint density at radius 1 is 1.47 bits per heavy atom. The zero-order valence-corrected chi connectivity index (χ0v) is 12.5. The maximum absolute atomic E-state index is 5.30.